The molecule has 0 amide bonds. The molecule has 1 aromatic rings. The van der Waals surface area contributed by atoms with Gasteiger partial charge in [-0.25, -0.2) is 4.68 Å². The first-order valence-corrected chi connectivity index (χ1v) is 5.70. The van der Waals surface area contributed by atoms with Crippen LogP contribution in [0, 0.1) is 0 Å². The number of thiocarbonyl (C=S) groups is 1. The summed E-state index contributed by atoms with van der Waals surface area (Å²) in [7, 11) is 0. The average molecular weight is 242 g/mol. The molecule has 0 saturated heterocycles. The van der Waals surface area contributed by atoms with Gasteiger partial charge in [-0.1, -0.05) is 0 Å². The lowest BCUT2D eigenvalue weighted by atomic mass is 10.4. The van der Waals surface area contributed by atoms with Crippen molar-refractivity contribution in [2.45, 2.75) is 33.5 Å². The molecule has 0 aromatic carbocycles. The number of anilines is 1. The SMILES string of the molecule is CCOCn1cc(NC(=S)NC(C)C)cn1. The van der Waals surface area contributed by atoms with Gasteiger partial charge in [-0.05, 0) is 33.0 Å². The molecule has 90 valence electrons. The maximum absolute atomic E-state index is 5.23. The second-order valence-corrected chi connectivity index (χ2v) is 4.05. The van der Waals surface area contributed by atoms with Crippen LogP contribution in [0.25, 0.3) is 0 Å². The summed E-state index contributed by atoms with van der Waals surface area (Å²) >= 11 is 5.12. The Morgan fingerprint density at radius 3 is 3.00 bits per heavy atom. The molecule has 0 spiro atoms. The molecule has 0 unspecified atom stereocenters. The topological polar surface area (TPSA) is 51.1 Å². The third-order valence-electron chi connectivity index (χ3n) is 1.74. The summed E-state index contributed by atoms with van der Waals surface area (Å²) in [6.45, 7) is 7.15. The zero-order valence-corrected chi connectivity index (χ0v) is 10.7. The van der Waals surface area contributed by atoms with E-state index in [9.17, 15) is 0 Å². The van der Waals surface area contributed by atoms with Crippen LogP contribution < -0.4 is 10.6 Å². The molecule has 1 aromatic heterocycles. The average Bonchev–Trinajstić information content (AvgIpc) is 2.61. The number of hydrogen-bond acceptors (Lipinski definition) is 3. The normalized spacial score (nSPS) is 10.5. The fourth-order valence-corrected chi connectivity index (χ4v) is 1.47. The molecule has 1 heterocycles. The number of aromatic nitrogens is 2. The van der Waals surface area contributed by atoms with Crippen LogP contribution in [0.5, 0.6) is 0 Å². The van der Waals surface area contributed by atoms with Gasteiger partial charge in [0.05, 0.1) is 18.1 Å². The summed E-state index contributed by atoms with van der Waals surface area (Å²) in [5, 5.41) is 10.9. The van der Waals surface area contributed by atoms with Crippen molar-refractivity contribution >= 4 is 23.0 Å². The van der Waals surface area contributed by atoms with Crippen LogP contribution in [-0.4, -0.2) is 27.5 Å². The van der Waals surface area contributed by atoms with Crippen molar-refractivity contribution < 1.29 is 4.74 Å². The molecule has 16 heavy (non-hydrogen) atoms. The lowest BCUT2D eigenvalue weighted by Crippen LogP contribution is -2.33. The van der Waals surface area contributed by atoms with Crippen LogP contribution >= 0.6 is 12.2 Å². The molecule has 0 atom stereocenters. The third kappa shape index (κ3) is 4.59. The zero-order chi connectivity index (χ0) is 12.0. The van der Waals surface area contributed by atoms with Gasteiger partial charge in [-0.2, -0.15) is 5.10 Å². The highest BCUT2D eigenvalue weighted by molar-refractivity contribution is 7.80. The van der Waals surface area contributed by atoms with Crippen molar-refractivity contribution in [3.63, 3.8) is 0 Å². The quantitative estimate of drug-likeness (QED) is 0.768. The predicted octanol–water partition coefficient (Wildman–Crippen LogP) is 1.57. The van der Waals surface area contributed by atoms with Crippen LogP contribution in [0.1, 0.15) is 20.8 Å². The minimum Gasteiger partial charge on any atom is -0.360 e. The van der Waals surface area contributed by atoms with E-state index in [4.69, 9.17) is 17.0 Å². The zero-order valence-electron chi connectivity index (χ0n) is 9.86. The smallest absolute Gasteiger partial charge is 0.171 e. The molecule has 0 bridgehead atoms. The van der Waals surface area contributed by atoms with Gasteiger partial charge in [0.15, 0.2) is 5.11 Å². The van der Waals surface area contributed by atoms with E-state index in [0.29, 0.717) is 24.5 Å². The van der Waals surface area contributed by atoms with Crippen LogP contribution in [0.4, 0.5) is 5.69 Å². The highest BCUT2D eigenvalue weighted by Gasteiger charge is 2.01. The van der Waals surface area contributed by atoms with Crippen LogP contribution in [-0.2, 0) is 11.5 Å². The molecule has 0 saturated carbocycles. The lowest BCUT2D eigenvalue weighted by molar-refractivity contribution is 0.0792. The first-order chi connectivity index (χ1) is 7.61. The fraction of sp³-hybridized carbons (Fsp3) is 0.600. The Bertz CT molecular complexity index is 337. The van der Waals surface area contributed by atoms with Gasteiger partial charge >= 0.3 is 0 Å². The van der Waals surface area contributed by atoms with Gasteiger partial charge in [-0.3, -0.25) is 0 Å². The van der Waals surface area contributed by atoms with Crippen molar-refractivity contribution in [1.82, 2.24) is 15.1 Å². The summed E-state index contributed by atoms with van der Waals surface area (Å²) in [6, 6.07) is 0.318. The highest BCUT2D eigenvalue weighted by atomic mass is 32.1. The maximum atomic E-state index is 5.23. The summed E-state index contributed by atoms with van der Waals surface area (Å²) in [5.41, 5.74) is 0.859. The largest absolute Gasteiger partial charge is 0.360 e. The molecule has 0 fully saturated rings. The van der Waals surface area contributed by atoms with E-state index in [1.54, 1.807) is 10.9 Å². The number of nitrogens with zero attached hydrogens (tertiary/aromatic N) is 2. The first kappa shape index (κ1) is 12.9. The van der Waals surface area contributed by atoms with Gasteiger partial charge in [0.25, 0.3) is 0 Å². The highest BCUT2D eigenvalue weighted by Crippen LogP contribution is 2.04. The van der Waals surface area contributed by atoms with E-state index in [1.807, 2.05) is 27.0 Å². The maximum Gasteiger partial charge on any atom is 0.171 e. The molecule has 0 aliphatic heterocycles. The van der Waals surface area contributed by atoms with Crippen molar-refractivity contribution in [2.24, 2.45) is 0 Å². The summed E-state index contributed by atoms with van der Waals surface area (Å²) in [4.78, 5) is 0. The molecular formula is C10H18N4OS. The predicted molar refractivity (Wildman–Crippen MR) is 68.3 cm³/mol. The van der Waals surface area contributed by atoms with Crippen molar-refractivity contribution in [2.75, 3.05) is 11.9 Å². The van der Waals surface area contributed by atoms with Crippen molar-refractivity contribution in [3.05, 3.63) is 12.4 Å². The van der Waals surface area contributed by atoms with Gasteiger partial charge < -0.3 is 15.4 Å². The Labute approximate surface area is 101 Å². The lowest BCUT2D eigenvalue weighted by Gasteiger charge is -2.11. The monoisotopic (exact) mass is 242 g/mol. The number of rotatable bonds is 5. The molecular weight excluding hydrogens is 224 g/mol. The van der Waals surface area contributed by atoms with Crippen LogP contribution in [0.2, 0.25) is 0 Å². The Morgan fingerprint density at radius 2 is 2.38 bits per heavy atom. The van der Waals surface area contributed by atoms with Crippen LogP contribution in [0.15, 0.2) is 12.4 Å². The second kappa shape index (κ2) is 6.44. The molecule has 5 nitrogen and oxygen atoms in total. The number of ether oxygens (including phenoxy) is 1. The minimum atomic E-state index is 0.318. The van der Waals surface area contributed by atoms with Crippen molar-refractivity contribution in [1.29, 1.82) is 0 Å². The van der Waals surface area contributed by atoms with E-state index < -0.39 is 0 Å². The van der Waals surface area contributed by atoms with Crippen LogP contribution in [0.3, 0.4) is 0 Å². The minimum absolute atomic E-state index is 0.318. The molecule has 2 N–H and O–H groups in total. The van der Waals surface area contributed by atoms with Gasteiger partial charge in [0.1, 0.15) is 6.73 Å². The summed E-state index contributed by atoms with van der Waals surface area (Å²) in [5.74, 6) is 0. The third-order valence-corrected chi connectivity index (χ3v) is 1.96. The van der Waals surface area contributed by atoms with Gasteiger partial charge in [0.2, 0.25) is 0 Å². The molecule has 0 aliphatic carbocycles. The Morgan fingerprint density at radius 1 is 1.62 bits per heavy atom. The van der Waals surface area contributed by atoms with Gasteiger partial charge in [0, 0.05) is 12.6 Å². The van der Waals surface area contributed by atoms with E-state index in [2.05, 4.69) is 15.7 Å². The molecule has 6 heteroatoms. The number of nitrogens with one attached hydrogen (secondary N) is 2. The standard InChI is InChI=1S/C10H18N4OS/c1-4-15-7-14-6-9(5-11-14)13-10(16)12-8(2)3/h5-6,8H,4,7H2,1-3H3,(H2,12,13,16). The van der Waals surface area contributed by atoms with Crippen molar-refractivity contribution in [3.8, 4) is 0 Å². The van der Waals surface area contributed by atoms with E-state index >= 15 is 0 Å². The Kier molecular flexibility index (Phi) is 5.21. The summed E-state index contributed by atoms with van der Waals surface area (Å²) < 4.78 is 6.94. The Balaban J connectivity index is 2.42. The molecule has 1 rings (SSSR count). The fourth-order valence-electron chi connectivity index (χ4n) is 1.11. The van der Waals surface area contributed by atoms with E-state index in [-0.39, 0.29) is 0 Å². The molecule has 0 aliphatic rings. The number of hydrogen-bond donors (Lipinski definition) is 2. The summed E-state index contributed by atoms with van der Waals surface area (Å²) in [6.07, 6.45) is 3.57. The molecule has 0 radical (unpaired) electrons. The van der Waals surface area contributed by atoms with E-state index in [1.165, 1.54) is 0 Å². The Hall–Kier alpha value is -1.14. The van der Waals surface area contributed by atoms with Gasteiger partial charge in [-0.15, -0.1) is 0 Å². The first-order valence-electron chi connectivity index (χ1n) is 5.29. The second-order valence-electron chi connectivity index (χ2n) is 3.64. The van der Waals surface area contributed by atoms with E-state index in [0.717, 1.165) is 5.69 Å².